The summed E-state index contributed by atoms with van der Waals surface area (Å²) in [6, 6.07) is 0. The first-order valence-corrected chi connectivity index (χ1v) is 5.51. The van der Waals surface area contributed by atoms with Crippen LogP contribution in [0.3, 0.4) is 0 Å². The summed E-state index contributed by atoms with van der Waals surface area (Å²) < 4.78 is 0. The predicted molar refractivity (Wildman–Crippen MR) is 61.3 cm³/mol. The highest BCUT2D eigenvalue weighted by Crippen LogP contribution is 2.07. The zero-order valence-corrected chi connectivity index (χ0v) is 9.89. The molecule has 0 aromatic heterocycles. The first-order valence-electron chi connectivity index (χ1n) is 5.51. The molecule has 1 fully saturated rings. The second kappa shape index (κ2) is 5.69. The van der Waals surface area contributed by atoms with Crippen LogP contribution in [0.25, 0.3) is 0 Å². The Morgan fingerprint density at radius 3 is 2.69 bits per heavy atom. The number of hydrogen-bond donors (Lipinski definition) is 2. The van der Waals surface area contributed by atoms with Crippen LogP contribution in [0.15, 0.2) is 5.16 Å². The fourth-order valence-corrected chi connectivity index (χ4v) is 1.75. The average Bonchev–Trinajstić information content (AvgIpc) is 2.51. The minimum Gasteiger partial charge on any atom is -0.409 e. The fourth-order valence-electron chi connectivity index (χ4n) is 1.75. The van der Waals surface area contributed by atoms with Gasteiger partial charge in [0.15, 0.2) is 5.84 Å². The van der Waals surface area contributed by atoms with Gasteiger partial charge in [0, 0.05) is 19.6 Å². The van der Waals surface area contributed by atoms with Crippen LogP contribution in [0.5, 0.6) is 0 Å². The van der Waals surface area contributed by atoms with Gasteiger partial charge in [0.05, 0.1) is 5.92 Å². The van der Waals surface area contributed by atoms with Crippen molar-refractivity contribution < 1.29 is 10.0 Å². The summed E-state index contributed by atoms with van der Waals surface area (Å²) in [6.45, 7) is 4.98. The molecule has 0 bridgehead atoms. The van der Waals surface area contributed by atoms with Gasteiger partial charge < -0.3 is 20.7 Å². The van der Waals surface area contributed by atoms with Crippen molar-refractivity contribution >= 4 is 11.7 Å². The lowest BCUT2D eigenvalue weighted by molar-refractivity contribution is -0.132. The summed E-state index contributed by atoms with van der Waals surface area (Å²) in [5, 5.41) is 11.4. The van der Waals surface area contributed by atoms with E-state index in [2.05, 4.69) is 10.1 Å². The maximum Gasteiger partial charge on any atom is 0.233 e. The summed E-state index contributed by atoms with van der Waals surface area (Å²) in [4.78, 5) is 16.0. The zero-order chi connectivity index (χ0) is 12.1. The van der Waals surface area contributed by atoms with E-state index in [-0.39, 0.29) is 11.7 Å². The van der Waals surface area contributed by atoms with Crippen molar-refractivity contribution in [2.45, 2.75) is 13.3 Å². The number of carbonyl (C=O) groups is 1. The number of nitrogens with two attached hydrogens (primary N) is 1. The van der Waals surface area contributed by atoms with E-state index in [1.807, 2.05) is 7.05 Å². The van der Waals surface area contributed by atoms with Crippen molar-refractivity contribution in [3.63, 3.8) is 0 Å². The Kier molecular flexibility index (Phi) is 4.54. The van der Waals surface area contributed by atoms with Gasteiger partial charge in [-0.05, 0) is 26.9 Å². The molecule has 0 aromatic carbocycles. The van der Waals surface area contributed by atoms with Crippen LogP contribution < -0.4 is 5.73 Å². The first kappa shape index (κ1) is 12.8. The second-order valence-electron chi connectivity index (χ2n) is 4.23. The number of amides is 1. The van der Waals surface area contributed by atoms with E-state index in [0.29, 0.717) is 6.54 Å². The van der Waals surface area contributed by atoms with Crippen LogP contribution in [0, 0.1) is 5.92 Å². The molecule has 3 N–H and O–H groups in total. The molecular weight excluding hydrogens is 208 g/mol. The van der Waals surface area contributed by atoms with Crippen LogP contribution in [0.1, 0.15) is 13.3 Å². The molecule has 1 rings (SSSR count). The number of hydrogen-bond acceptors (Lipinski definition) is 4. The molecule has 0 saturated carbocycles. The first-order chi connectivity index (χ1) is 7.56. The Labute approximate surface area is 95.7 Å². The van der Waals surface area contributed by atoms with Crippen molar-refractivity contribution in [3.8, 4) is 0 Å². The number of amidine groups is 1. The van der Waals surface area contributed by atoms with E-state index in [1.54, 1.807) is 11.8 Å². The van der Waals surface area contributed by atoms with Crippen molar-refractivity contribution in [2.24, 2.45) is 16.8 Å². The number of rotatable bonds is 2. The third-order valence-electron chi connectivity index (χ3n) is 2.96. The lowest BCUT2D eigenvalue weighted by Crippen LogP contribution is -2.42. The summed E-state index contributed by atoms with van der Waals surface area (Å²) in [7, 11) is 2.04. The van der Waals surface area contributed by atoms with Gasteiger partial charge in [0.25, 0.3) is 0 Å². The number of carbonyl (C=O) groups excluding carboxylic acids is 1. The monoisotopic (exact) mass is 228 g/mol. The smallest absolute Gasteiger partial charge is 0.233 e. The fraction of sp³-hybridized carbons (Fsp3) is 0.800. The molecule has 1 atom stereocenters. The van der Waals surface area contributed by atoms with E-state index in [0.717, 1.165) is 26.1 Å². The SMILES string of the molecule is CC(C(=O)N1CCCN(C)CC1)C(N)=NO. The van der Waals surface area contributed by atoms with E-state index in [4.69, 9.17) is 10.9 Å². The van der Waals surface area contributed by atoms with Gasteiger partial charge in [-0.1, -0.05) is 5.16 Å². The van der Waals surface area contributed by atoms with Crippen LogP contribution in [0.2, 0.25) is 0 Å². The second-order valence-corrected chi connectivity index (χ2v) is 4.23. The van der Waals surface area contributed by atoms with E-state index >= 15 is 0 Å². The van der Waals surface area contributed by atoms with Gasteiger partial charge in [-0.3, -0.25) is 4.79 Å². The highest BCUT2D eigenvalue weighted by atomic mass is 16.4. The maximum atomic E-state index is 12.0. The largest absolute Gasteiger partial charge is 0.409 e. The standard InChI is InChI=1S/C10H20N4O2/c1-8(9(11)12-16)10(15)14-5-3-4-13(2)6-7-14/h8,16H,3-7H2,1-2H3,(H2,11,12). The van der Waals surface area contributed by atoms with Gasteiger partial charge >= 0.3 is 0 Å². The topological polar surface area (TPSA) is 82.2 Å². The van der Waals surface area contributed by atoms with Crippen molar-refractivity contribution in [3.05, 3.63) is 0 Å². The van der Waals surface area contributed by atoms with Gasteiger partial charge in [0.1, 0.15) is 0 Å². The summed E-state index contributed by atoms with van der Waals surface area (Å²) >= 11 is 0. The van der Waals surface area contributed by atoms with Crippen LogP contribution in [-0.2, 0) is 4.79 Å². The Morgan fingerprint density at radius 1 is 1.38 bits per heavy atom. The molecule has 1 unspecified atom stereocenters. The Balaban J connectivity index is 2.59. The molecule has 1 saturated heterocycles. The third-order valence-corrected chi connectivity index (χ3v) is 2.96. The summed E-state index contributed by atoms with van der Waals surface area (Å²) in [6.07, 6.45) is 0.963. The van der Waals surface area contributed by atoms with E-state index in [1.165, 1.54) is 0 Å². The summed E-state index contributed by atoms with van der Waals surface area (Å²) in [5.41, 5.74) is 5.43. The lowest BCUT2D eigenvalue weighted by Gasteiger charge is -2.23. The number of likely N-dealkylation sites (N-methyl/N-ethyl adjacent to an activating group) is 1. The van der Waals surface area contributed by atoms with Crippen molar-refractivity contribution in [1.29, 1.82) is 0 Å². The lowest BCUT2D eigenvalue weighted by atomic mass is 10.1. The van der Waals surface area contributed by atoms with Gasteiger partial charge in [0.2, 0.25) is 5.91 Å². The molecule has 0 spiro atoms. The molecule has 0 radical (unpaired) electrons. The molecule has 6 heteroatoms. The molecular formula is C10H20N4O2. The molecule has 16 heavy (non-hydrogen) atoms. The molecule has 0 aliphatic carbocycles. The molecule has 6 nitrogen and oxygen atoms in total. The van der Waals surface area contributed by atoms with Gasteiger partial charge in [-0.2, -0.15) is 0 Å². The van der Waals surface area contributed by atoms with Crippen molar-refractivity contribution in [2.75, 3.05) is 33.2 Å². The molecule has 1 aliphatic rings. The zero-order valence-electron chi connectivity index (χ0n) is 9.89. The number of nitrogens with zero attached hydrogens (tertiary/aromatic N) is 3. The van der Waals surface area contributed by atoms with E-state index < -0.39 is 5.92 Å². The Hall–Kier alpha value is -1.30. The molecule has 1 aliphatic heterocycles. The number of oxime groups is 1. The predicted octanol–water partition coefficient (Wildman–Crippen LogP) is -0.467. The van der Waals surface area contributed by atoms with Crippen LogP contribution in [0.4, 0.5) is 0 Å². The molecule has 0 aromatic rings. The van der Waals surface area contributed by atoms with E-state index in [9.17, 15) is 4.79 Å². The minimum atomic E-state index is -0.548. The van der Waals surface area contributed by atoms with Crippen molar-refractivity contribution in [1.82, 2.24) is 9.80 Å². The van der Waals surface area contributed by atoms with Crippen LogP contribution in [-0.4, -0.2) is 60.0 Å². The molecule has 1 amide bonds. The summed E-state index contributed by atoms with van der Waals surface area (Å²) in [5.74, 6) is -0.637. The van der Waals surface area contributed by atoms with Gasteiger partial charge in [-0.15, -0.1) is 0 Å². The quantitative estimate of drug-likeness (QED) is 0.290. The maximum absolute atomic E-state index is 12.0. The van der Waals surface area contributed by atoms with Gasteiger partial charge in [-0.25, -0.2) is 0 Å². The van der Waals surface area contributed by atoms with Crippen LogP contribution >= 0.6 is 0 Å². The third kappa shape index (κ3) is 3.10. The molecule has 92 valence electrons. The minimum absolute atomic E-state index is 0.0254. The normalized spacial score (nSPS) is 21.6. The highest BCUT2D eigenvalue weighted by molar-refractivity contribution is 6.01. The molecule has 1 heterocycles. The Bertz CT molecular complexity index is 280. The average molecular weight is 228 g/mol. The highest BCUT2D eigenvalue weighted by Gasteiger charge is 2.24. The Morgan fingerprint density at radius 2 is 2.06 bits per heavy atom.